The summed E-state index contributed by atoms with van der Waals surface area (Å²) in [5.41, 5.74) is 0. The van der Waals surface area contributed by atoms with Crippen molar-refractivity contribution in [3.8, 4) is 0 Å². The molecule has 0 radical (unpaired) electrons. The van der Waals surface area contributed by atoms with E-state index in [4.69, 9.17) is 11.6 Å². The second kappa shape index (κ2) is 5.04. The van der Waals surface area contributed by atoms with E-state index in [2.05, 4.69) is 24.6 Å². The third kappa shape index (κ3) is 2.68. The van der Waals surface area contributed by atoms with Crippen LogP contribution < -0.4 is 10.0 Å². The lowest BCUT2D eigenvalue weighted by molar-refractivity contribution is 0.601. The molecule has 0 bridgehead atoms. The first-order chi connectivity index (χ1) is 8.53. The highest BCUT2D eigenvalue weighted by molar-refractivity contribution is 7.93. The summed E-state index contributed by atoms with van der Waals surface area (Å²) < 4.78 is 29.8. The minimum Gasteiger partial charge on any atom is -0.372 e. The smallest absolute Gasteiger partial charge is 0.264 e. The van der Waals surface area contributed by atoms with Gasteiger partial charge in [0.15, 0.2) is 0 Å². The van der Waals surface area contributed by atoms with Crippen molar-refractivity contribution in [3.63, 3.8) is 0 Å². The van der Waals surface area contributed by atoms with Crippen LogP contribution in [-0.4, -0.2) is 30.0 Å². The standard InChI is InChI=1S/C8H8ClN5O2S2/c1-10-8-6(9)2-5(3-11-8)18(15,16)13-7-4-12-14-17-7/h2-4,13H,1H3,(H,10,11). The molecule has 96 valence electrons. The minimum atomic E-state index is -3.73. The molecule has 2 N–H and O–H groups in total. The number of nitrogens with zero attached hydrogens (tertiary/aromatic N) is 3. The second-order valence-electron chi connectivity index (χ2n) is 3.14. The molecule has 0 aliphatic carbocycles. The fraction of sp³-hybridized carbons (Fsp3) is 0.125. The number of aromatic nitrogens is 3. The number of hydrogen-bond donors (Lipinski definition) is 2. The van der Waals surface area contributed by atoms with Crippen molar-refractivity contribution < 1.29 is 8.42 Å². The predicted molar refractivity (Wildman–Crippen MR) is 69.5 cm³/mol. The Bertz CT molecular complexity index is 644. The second-order valence-corrected chi connectivity index (χ2v) is 6.01. The van der Waals surface area contributed by atoms with Crippen molar-refractivity contribution in [2.24, 2.45) is 0 Å². The summed E-state index contributed by atoms with van der Waals surface area (Å²) in [5, 5.41) is 6.83. The molecule has 2 rings (SSSR count). The zero-order valence-corrected chi connectivity index (χ0v) is 11.5. The zero-order valence-electron chi connectivity index (χ0n) is 9.08. The SMILES string of the molecule is CNc1ncc(S(=O)(=O)Nc2cnns2)cc1Cl. The van der Waals surface area contributed by atoms with Gasteiger partial charge < -0.3 is 5.32 Å². The maximum atomic E-state index is 12.0. The van der Waals surface area contributed by atoms with Crippen LogP contribution in [0.15, 0.2) is 23.4 Å². The highest BCUT2D eigenvalue weighted by Gasteiger charge is 2.17. The Morgan fingerprint density at radius 1 is 1.39 bits per heavy atom. The molecule has 0 spiro atoms. The Hall–Kier alpha value is -1.45. The van der Waals surface area contributed by atoms with Crippen LogP contribution in [0.5, 0.6) is 0 Å². The van der Waals surface area contributed by atoms with E-state index in [1.807, 2.05) is 0 Å². The third-order valence-corrected chi connectivity index (χ3v) is 4.29. The van der Waals surface area contributed by atoms with Gasteiger partial charge in [0.25, 0.3) is 10.0 Å². The van der Waals surface area contributed by atoms with Crippen molar-refractivity contribution in [1.29, 1.82) is 0 Å². The molecule has 2 heterocycles. The van der Waals surface area contributed by atoms with E-state index in [-0.39, 0.29) is 9.92 Å². The van der Waals surface area contributed by atoms with Gasteiger partial charge in [0.1, 0.15) is 15.7 Å². The molecule has 0 aliphatic rings. The fourth-order valence-electron chi connectivity index (χ4n) is 1.15. The molecular formula is C8H8ClN5O2S2. The van der Waals surface area contributed by atoms with Crippen LogP contribution in [0.1, 0.15) is 0 Å². The quantitative estimate of drug-likeness (QED) is 0.887. The van der Waals surface area contributed by atoms with Gasteiger partial charge in [-0.15, -0.1) is 5.10 Å². The van der Waals surface area contributed by atoms with Gasteiger partial charge in [-0.25, -0.2) is 13.4 Å². The van der Waals surface area contributed by atoms with Crippen molar-refractivity contribution in [3.05, 3.63) is 23.5 Å². The van der Waals surface area contributed by atoms with Gasteiger partial charge in [0.2, 0.25) is 0 Å². The van der Waals surface area contributed by atoms with Gasteiger partial charge >= 0.3 is 0 Å². The molecule has 2 aromatic heterocycles. The summed E-state index contributed by atoms with van der Waals surface area (Å²) in [4.78, 5) is 3.87. The van der Waals surface area contributed by atoms with Crippen LogP contribution in [0.3, 0.4) is 0 Å². The molecule has 7 nitrogen and oxygen atoms in total. The Labute approximate surface area is 112 Å². The van der Waals surface area contributed by atoms with Crippen LogP contribution >= 0.6 is 23.1 Å². The monoisotopic (exact) mass is 305 g/mol. The van der Waals surface area contributed by atoms with Crippen LogP contribution in [0, 0.1) is 0 Å². The Morgan fingerprint density at radius 3 is 2.72 bits per heavy atom. The Balaban J connectivity index is 2.33. The maximum absolute atomic E-state index is 12.0. The van der Waals surface area contributed by atoms with E-state index in [0.29, 0.717) is 10.8 Å². The van der Waals surface area contributed by atoms with Gasteiger partial charge in [-0.2, -0.15) is 0 Å². The van der Waals surface area contributed by atoms with Crippen molar-refractivity contribution in [2.45, 2.75) is 4.90 Å². The van der Waals surface area contributed by atoms with Crippen molar-refractivity contribution in [2.75, 3.05) is 17.1 Å². The number of pyridine rings is 1. The van der Waals surface area contributed by atoms with E-state index in [0.717, 1.165) is 11.5 Å². The van der Waals surface area contributed by atoms with E-state index >= 15 is 0 Å². The first-order valence-corrected chi connectivity index (χ1v) is 7.30. The third-order valence-electron chi connectivity index (χ3n) is 1.96. The first kappa shape index (κ1) is 13.0. The summed E-state index contributed by atoms with van der Waals surface area (Å²) in [7, 11) is -2.08. The lowest BCUT2D eigenvalue weighted by atomic mass is 10.4. The van der Waals surface area contributed by atoms with Gasteiger partial charge in [-0.05, 0) is 6.07 Å². The number of hydrogen-bond acceptors (Lipinski definition) is 7. The van der Waals surface area contributed by atoms with E-state index in [1.54, 1.807) is 7.05 Å². The average Bonchev–Trinajstić information content (AvgIpc) is 2.81. The van der Waals surface area contributed by atoms with Crippen LogP contribution in [0.4, 0.5) is 10.8 Å². The summed E-state index contributed by atoms with van der Waals surface area (Å²) in [6, 6.07) is 1.32. The van der Waals surface area contributed by atoms with Gasteiger partial charge in [-0.1, -0.05) is 16.1 Å². The first-order valence-electron chi connectivity index (χ1n) is 4.66. The maximum Gasteiger partial charge on any atom is 0.264 e. The Kier molecular flexibility index (Phi) is 3.64. The number of anilines is 2. The molecule has 2 aromatic rings. The normalized spacial score (nSPS) is 11.2. The molecule has 0 aromatic carbocycles. The molecule has 18 heavy (non-hydrogen) atoms. The molecule has 0 saturated carbocycles. The van der Waals surface area contributed by atoms with Crippen molar-refractivity contribution >= 4 is 44.0 Å². The van der Waals surface area contributed by atoms with Gasteiger partial charge in [0, 0.05) is 24.8 Å². The molecule has 0 fully saturated rings. The Morgan fingerprint density at radius 2 is 2.17 bits per heavy atom. The number of rotatable bonds is 4. The van der Waals surface area contributed by atoms with E-state index in [9.17, 15) is 8.42 Å². The number of sulfonamides is 1. The highest BCUT2D eigenvalue weighted by atomic mass is 35.5. The molecular weight excluding hydrogens is 298 g/mol. The molecule has 0 unspecified atom stereocenters. The predicted octanol–water partition coefficient (Wildman–Crippen LogP) is 1.43. The molecule has 0 aliphatic heterocycles. The lowest BCUT2D eigenvalue weighted by Gasteiger charge is -2.07. The van der Waals surface area contributed by atoms with Crippen LogP contribution in [0.2, 0.25) is 5.02 Å². The summed E-state index contributed by atoms with van der Waals surface area (Å²) >= 11 is 6.82. The summed E-state index contributed by atoms with van der Waals surface area (Å²) in [6.07, 6.45) is 2.54. The summed E-state index contributed by atoms with van der Waals surface area (Å²) in [6.45, 7) is 0. The van der Waals surface area contributed by atoms with E-state index in [1.165, 1.54) is 18.5 Å². The van der Waals surface area contributed by atoms with Gasteiger partial charge in [0.05, 0.1) is 11.2 Å². The van der Waals surface area contributed by atoms with Crippen LogP contribution in [-0.2, 0) is 10.0 Å². The van der Waals surface area contributed by atoms with Gasteiger partial charge in [-0.3, -0.25) is 4.72 Å². The summed E-state index contributed by atoms with van der Waals surface area (Å²) in [5.74, 6) is 0.412. The minimum absolute atomic E-state index is 0.0279. The molecule has 10 heteroatoms. The fourth-order valence-corrected chi connectivity index (χ4v) is 3.13. The van der Waals surface area contributed by atoms with E-state index < -0.39 is 10.0 Å². The topological polar surface area (TPSA) is 96.9 Å². The molecule has 0 saturated heterocycles. The average molecular weight is 306 g/mol. The molecule has 0 amide bonds. The van der Waals surface area contributed by atoms with Crippen molar-refractivity contribution in [1.82, 2.24) is 14.6 Å². The number of halogens is 1. The highest BCUT2D eigenvalue weighted by Crippen LogP contribution is 2.23. The largest absolute Gasteiger partial charge is 0.372 e. The van der Waals surface area contributed by atoms with Crippen LogP contribution in [0.25, 0.3) is 0 Å². The zero-order chi connectivity index (χ0) is 13.2. The number of nitrogens with one attached hydrogen (secondary N) is 2. The lowest BCUT2D eigenvalue weighted by Crippen LogP contribution is -2.12. The molecule has 0 atom stereocenters.